The van der Waals surface area contributed by atoms with E-state index in [9.17, 15) is 9.59 Å². The van der Waals surface area contributed by atoms with Gasteiger partial charge in [-0.2, -0.15) is 0 Å². The molecule has 0 bridgehead atoms. The minimum Gasteiger partial charge on any atom is -0.299 e. The van der Waals surface area contributed by atoms with Gasteiger partial charge < -0.3 is 0 Å². The highest BCUT2D eigenvalue weighted by atomic mass is 16.2. The quantitative estimate of drug-likeness (QED) is 0.848. The molecule has 3 rings (SSSR count). The van der Waals surface area contributed by atoms with E-state index >= 15 is 0 Å². The molecule has 0 radical (unpaired) electrons. The fraction of sp³-hybridized carbons (Fsp3) is 0.357. The molecular formula is C14H15N3O2. The van der Waals surface area contributed by atoms with Gasteiger partial charge in [0.05, 0.1) is 5.69 Å². The molecule has 0 aliphatic heterocycles. The smallest absolute Gasteiger partial charge is 0.278 e. The molecule has 2 aromatic heterocycles. The molecule has 1 aliphatic carbocycles. The molecule has 19 heavy (non-hydrogen) atoms. The lowest BCUT2D eigenvalue weighted by molar-refractivity contribution is 0.103. The number of carbonyl (C=O) groups excluding carboxylic acids is 1. The fourth-order valence-corrected chi connectivity index (χ4v) is 2.25. The van der Waals surface area contributed by atoms with Gasteiger partial charge in [0.15, 0.2) is 0 Å². The van der Waals surface area contributed by atoms with Gasteiger partial charge in [0.2, 0.25) is 5.78 Å². The third kappa shape index (κ3) is 2.01. The van der Waals surface area contributed by atoms with Crippen LogP contribution in [0.5, 0.6) is 0 Å². The Bertz CT molecular complexity index is 666. The van der Waals surface area contributed by atoms with Crippen molar-refractivity contribution in [2.75, 3.05) is 0 Å². The first-order chi connectivity index (χ1) is 9.22. The summed E-state index contributed by atoms with van der Waals surface area (Å²) in [6.45, 7) is 2.42. The van der Waals surface area contributed by atoms with Crippen molar-refractivity contribution in [3.05, 3.63) is 51.7 Å². The summed E-state index contributed by atoms with van der Waals surface area (Å²) >= 11 is 0. The van der Waals surface area contributed by atoms with E-state index in [1.165, 1.54) is 10.9 Å². The highest BCUT2D eigenvalue weighted by Gasteiger charge is 2.33. The SMILES string of the molecule is CCn1[nH]c(C2CC2)c(C(=O)c2cccnc2)c1=O. The molecule has 0 amide bonds. The van der Waals surface area contributed by atoms with Gasteiger partial charge in [0, 0.05) is 30.4 Å². The number of hydrogen-bond acceptors (Lipinski definition) is 3. The van der Waals surface area contributed by atoms with Gasteiger partial charge in [-0.3, -0.25) is 24.4 Å². The number of rotatable bonds is 4. The van der Waals surface area contributed by atoms with E-state index in [-0.39, 0.29) is 16.9 Å². The lowest BCUT2D eigenvalue weighted by Gasteiger charge is -1.99. The number of aromatic amines is 1. The Hall–Kier alpha value is -2.17. The van der Waals surface area contributed by atoms with Gasteiger partial charge >= 0.3 is 0 Å². The zero-order valence-corrected chi connectivity index (χ0v) is 10.7. The molecule has 98 valence electrons. The normalized spacial score (nSPS) is 14.6. The van der Waals surface area contributed by atoms with E-state index in [0.717, 1.165) is 18.5 Å². The van der Waals surface area contributed by atoms with Crippen LogP contribution in [0.3, 0.4) is 0 Å². The fourth-order valence-electron chi connectivity index (χ4n) is 2.25. The van der Waals surface area contributed by atoms with Crippen molar-refractivity contribution in [2.45, 2.75) is 32.2 Å². The highest BCUT2D eigenvalue weighted by Crippen LogP contribution is 2.40. The van der Waals surface area contributed by atoms with Crippen LogP contribution in [-0.4, -0.2) is 20.5 Å². The monoisotopic (exact) mass is 257 g/mol. The van der Waals surface area contributed by atoms with Crippen LogP contribution in [-0.2, 0) is 6.54 Å². The number of aryl methyl sites for hydroxylation is 1. The topological polar surface area (TPSA) is 67.8 Å². The number of ketones is 1. The van der Waals surface area contributed by atoms with Crippen LogP contribution in [0.2, 0.25) is 0 Å². The number of pyridine rings is 1. The molecule has 0 spiro atoms. The zero-order valence-electron chi connectivity index (χ0n) is 10.7. The molecule has 1 aliphatic rings. The van der Waals surface area contributed by atoms with Crippen LogP contribution >= 0.6 is 0 Å². The van der Waals surface area contributed by atoms with Gasteiger partial charge in [-0.05, 0) is 31.9 Å². The largest absolute Gasteiger partial charge is 0.299 e. The average Bonchev–Trinajstić information content (AvgIpc) is 3.23. The van der Waals surface area contributed by atoms with Crippen LogP contribution in [0, 0.1) is 0 Å². The van der Waals surface area contributed by atoms with Crippen molar-refractivity contribution in [1.29, 1.82) is 0 Å². The molecule has 1 saturated carbocycles. The first-order valence-electron chi connectivity index (χ1n) is 6.49. The van der Waals surface area contributed by atoms with Crippen LogP contribution in [0.25, 0.3) is 0 Å². The first kappa shape index (κ1) is 11.9. The second-order valence-corrected chi connectivity index (χ2v) is 4.79. The Morgan fingerprint density at radius 3 is 2.89 bits per heavy atom. The van der Waals surface area contributed by atoms with Gasteiger partial charge in [-0.1, -0.05) is 0 Å². The molecule has 2 heterocycles. The van der Waals surface area contributed by atoms with E-state index < -0.39 is 0 Å². The lowest BCUT2D eigenvalue weighted by Crippen LogP contribution is -2.21. The van der Waals surface area contributed by atoms with Crippen molar-refractivity contribution in [3.63, 3.8) is 0 Å². The third-order valence-electron chi connectivity index (χ3n) is 3.44. The molecular weight excluding hydrogens is 242 g/mol. The minimum atomic E-state index is -0.233. The van der Waals surface area contributed by atoms with Crippen LogP contribution in [0.4, 0.5) is 0 Å². The summed E-state index contributed by atoms with van der Waals surface area (Å²) in [7, 11) is 0. The summed E-state index contributed by atoms with van der Waals surface area (Å²) in [4.78, 5) is 28.7. The van der Waals surface area contributed by atoms with Crippen molar-refractivity contribution < 1.29 is 4.79 Å². The Balaban J connectivity index is 2.11. The molecule has 1 N–H and O–H groups in total. The lowest BCUT2D eigenvalue weighted by atomic mass is 10.0. The molecule has 5 nitrogen and oxygen atoms in total. The van der Waals surface area contributed by atoms with Crippen molar-refractivity contribution in [1.82, 2.24) is 14.8 Å². The van der Waals surface area contributed by atoms with Crippen molar-refractivity contribution in [2.24, 2.45) is 0 Å². The van der Waals surface area contributed by atoms with Gasteiger partial charge in [-0.15, -0.1) is 0 Å². The maximum atomic E-state index is 12.5. The summed E-state index contributed by atoms with van der Waals surface area (Å²) in [6, 6.07) is 3.39. The van der Waals surface area contributed by atoms with E-state index in [1.807, 2.05) is 6.92 Å². The summed E-state index contributed by atoms with van der Waals surface area (Å²) < 4.78 is 1.50. The zero-order chi connectivity index (χ0) is 13.4. The van der Waals surface area contributed by atoms with E-state index in [0.29, 0.717) is 18.0 Å². The Labute approximate surface area is 110 Å². The summed E-state index contributed by atoms with van der Waals surface area (Å²) in [5.74, 6) is 0.0968. The van der Waals surface area contributed by atoms with Gasteiger partial charge in [-0.25, -0.2) is 0 Å². The standard InChI is InChI=1S/C14H15N3O2/c1-2-17-14(19)11(12(16-17)9-5-6-9)13(18)10-4-3-7-15-8-10/h3-4,7-9,16H,2,5-6H2,1H3. The Morgan fingerprint density at radius 1 is 1.53 bits per heavy atom. The van der Waals surface area contributed by atoms with Gasteiger partial charge in [0.25, 0.3) is 5.56 Å². The molecule has 2 aromatic rings. The summed E-state index contributed by atoms with van der Waals surface area (Å²) in [5, 5.41) is 3.08. The van der Waals surface area contributed by atoms with Crippen LogP contribution in [0.15, 0.2) is 29.3 Å². The van der Waals surface area contributed by atoms with Crippen LogP contribution in [0.1, 0.15) is 47.3 Å². The molecule has 0 atom stereocenters. The van der Waals surface area contributed by atoms with E-state index in [1.54, 1.807) is 18.3 Å². The molecule has 5 heteroatoms. The molecule has 0 saturated heterocycles. The predicted molar refractivity (Wildman–Crippen MR) is 70.4 cm³/mol. The molecule has 0 unspecified atom stereocenters. The Kier molecular flexibility index (Phi) is 2.81. The summed E-state index contributed by atoms with van der Waals surface area (Å²) in [5.41, 5.74) is 1.32. The number of carbonyl (C=O) groups is 1. The minimum absolute atomic E-state index is 0.224. The van der Waals surface area contributed by atoms with Crippen LogP contribution < -0.4 is 5.56 Å². The number of nitrogens with zero attached hydrogens (tertiary/aromatic N) is 2. The number of nitrogens with one attached hydrogen (secondary N) is 1. The maximum absolute atomic E-state index is 12.5. The highest BCUT2D eigenvalue weighted by molar-refractivity contribution is 6.09. The number of aromatic nitrogens is 3. The van der Waals surface area contributed by atoms with Gasteiger partial charge in [0.1, 0.15) is 5.56 Å². The number of H-pyrrole nitrogens is 1. The maximum Gasteiger partial charge on any atom is 0.278 e. The van der Waals surface area contributed by atoms with Crippen molar-refractivity contribution in [3.8, 4) is 0 Å². The predicted octanol–water partition coefficient (Wildman–Crippen LogP) is 1.70. The second kappa shape index (κ2) is 4.50. The average molecular weight is 257 g/mol. The van der Waals surface area contributed by atoms with E-state index in [2.05, 4.69) is 10.1 Å². The molecule has 1 fully saturated rings. The third-order valence-corrected chi connectivity index (χ3v) is 3.44. The number of hydrogen-bond donors (Lipinski definition) is 1. The first-order valence-corrected chi connectivity index (χ1v) is 6.49. The van der Waals surface area contributed by atoms with Crippen molar-refractivity contribution >= 4 is 5.78 Å². The second-order valence-electron chi connectivity index (χ2n) is 4.79. The Morgan fingerprint density at radius 2 is 2.32 bits per heavy atom. The summed E-state index contributed by atoms with van der Waals surface area (Å²) in [6.07, 6.45) is 5.19. The molecule has 0 aromatic carbocycles. The van der Waals surface area contributed by atoms with E-state index in [4.69, 9.17) is 0 Å².